The van der Waals surface area contributed by atoms with E-state index in [1.807, 2.05) is 18.7 Å². The second-order valence-corrected chi connectivity index (χ2v) is 6.40. The van der Waals surface area contributed by atoms with E-state index >= 15 is 0 Å². The number of amides is 3. The SMILES string of the molecule is CC(C)N1CC(CNC(=O)NC2CCCCC2)CC1=O. The van der Waals surface area contributed by atoms with E-state index in [0.29, 0.717) is 19.0 Å². The van der Waals surface area contributed by atoms with Crippen molar-refractivity contribution in [2.75, 3.05) is 13.1 Å². The second kappa shape index (κ2) is 6.95. The number of hydrogen-bond acceptors (Lipinski definition) is 2. The minimum Gasteiger partial charge on any atom is -0.340 e. The van der Waals surface area contributed by atoms with Crippen LogP contribution < -0.4 is 10.6 Å². The molecule has 0 aromatic carbocycles. The molecule has 0 aromatic rings. The molecule has 2 N–H and O–H groups in total. The average Bonchev–Trinajstić information content (AvgIpc) is 2.79. The Hall–Kier alpha value is -1.26. The van der Waals surface area contributed by atoms with Crippen LogP contribution in [0.25, 0.3) is 0 Å². The maximum absolute atomic E-state index is 11.8. The maximum atomic E-state index is 11.8. The molecule has 0 aromatic heterocycles. The Morgan fingerprint density at radius 2 is 2.00 bits per heavy atom. The lowest BCUT2D eigenvalue weighted by Gasteiger charge is -2.23. The molecule has 5 heteroatoms. The van der Waals surface area contributed by atoms with Crippen LogP contribution in [0.5, 0.6) is 0 Å². The van der Waals surface area contributed by atoms with Crippen molar-refractivity contribution in [3.63, 3.8) is 0 Å². The molecule has 0 bridgehead atoms. The summed E-state index contributed by atoms with van der Waals surface area (Å²) in [6, 6.07) is 0.511. The Morgan fingerprint density at radius 3 is 2.60 bits per heavy atom. The number of rotatable bonds is 4. The molecule has 1 heterocycles. The fourth-order valence-corrected chi connectivity index (χ4v) is 3.16. The van der Waals surface area contributed by atoms with Gasteiger partial charge >= 0.3 is 6.03 Å². The highest BCUT2D eigenvalue weighted by Gasteiger charge is 2.31. The van der Waals surface area contributed by atoms with Crippen molar-refractivity contribution < 1.29 is 9.59 Å². The van der Waals surface area contributed by atoms with Crippen molar-refractivity contribution in [2.45, 2.75) is 64.5 Å². The molecule has 0 radical (unpaired) electrons. The minimum absolute atomic E-state index is 0.0765. The van der Waals surface area contributed by atoms with Crippen molar-refractivity contribution in [1.82, 2.24) is 15.5 Å². The van der Waals surface area contributed by atoms with Gasteiger partial charge in [-0.3, -0.25) is 4.79 Å². The van der Waals surface area contributed by atoms with Gasteiger partial charge in [0, 0.05) is 37.5 Å². The van der Waals surface area contributed by atoms with Gasteiger partial charge in [0.1, 0.15) is 0 Å². The number of nitrogens with zero attached hydrogens (tertiary/aromatic N) is 1. The molecule has 1 atom stereocenters. The van der Waals surface area contributed by atoms with Crippen LogP contribution in [0.1, 0.15) is 52.4 Å². The molecule has 1 aliphatic heterocycles. The highest BCUT2D eigenvalue weighted by Crippen LogP contribution is 2.19. The number of hydrogen-bond donors (Lipinski definition) is 2. The highest BCUT2D eigenvalue weighted by molar-refractivity contribution is 5.79. The molecule has 20 heavy (non-hydrogen) atoms. The number of nitrogens with one attached hydrogen (secondary N) is 2. The van der Waals surface area contributed by atoms with Gasteiger partial charge in [-0.15, -0.1) is 0 Å². The van der Waals surface area contributed by atoms with Gasteiger partial charge in [0.25, 0.3) is 0 Å². The van der Waals surface area contributed by atoms with Crippen LogP contribution in [-0.2, 0) is 4.79 Å². The number of urea groups is 1. The monoisotopic (exact) mass is 281 g/mol. The van der Waals surface area contributed by atoms with E-state index in [4.69, 9.17) is 0 Å². The first-order valence-corrected chi connectivity index (χ1v) is 7.90. The smallest absolute Gasteiger partial charge is 0.315 e. The topological polar surface area (TPSA) is 61.4 Å². The number of carbonyl (C=O) groups excluding carboxylic acids is 2. The summed E-state index contributed by atoms with van der Waals surface area (Å²) < 4.78 is 0. The molecule has 1 saturated heterocycles. The lowest BCUT2D eigenvalue weighted by Crippen LogP contribution is -2.44. The van der Waals surface area contributed by atoms with Gasteiger partial charge in [0.05, 0.1) is 0 Å². The lowest BCUT2D eigenvalue weighted by atomic mass is 9.96. The Morgan fingerprint density at radius 1 is 1.30 bits per heavy atom. The third-order valence-electron chi connectivity index (χ3n) is 4.35. The van der Waals surface area contributed by atoms with Crippen molar-refractivity contribution >= 4 is 11.9 Å². The van der Waals surface area contributed by atoms with Crippen LogP contribution in [0, 0.1) is 5.92 Å². The summed E-state index contributed by atoms with van der Waals surface area (Å²) in [5.41, 5.74) is 0. The summed E-state index contributed by atoms with van der Waals surface area (Å²) in [5, 5.41) is 5.96. The van der Waals surface area contributed by atoms with Crippen LogP contribution in [0.3, 0.4) is 0 Å². The van der Waals surface area contributed by atoms with E-state index in [-0.39, 0.29) is 23.9 Å². The largest absolute Gasteiger partial charge is 0.340 e. The van der Waals surface area contributed by atoms with Crippen LogP contribution in [0.15, 0.2) is 0 Å². The van der Waals surface area contributed by atoms with E-state index in [2.05, 4.69) is 10.6 Å². The third-order valence-corrected chi connectivity index (χ3v) is 4.35. The first-order valence-electron chi connectivity index (χ1n) is 7.90. The lowest BCUT2D eigenvalue weighted by molar-refractivity contribution is -0.129. The molecule has 2 rings (SSSR count). The van der Waals surface area contributed by atoms with E-state index in [1.54, 1.807) is 0 Å². The molecule has 0 spiro atoms. The van der Waals surface area contributed by atoms with Gasteiger partial charge in [-0.1, -0.05) is 19.3 Å². The first-order chi connectivity index (χ1) is 9.56. The first kappa shape index (κ1) is 15.1. The fraction of sp³-hybridized carbons (Fsp3) is 0.867. The van der Waals surface area contributed by atoms with E-state index in [1.165, 1.54) is 19.3 Å². The molecule has 114 valence electrons. The average molecular weight is 281 g/mol. The molecule has 1 saturated carbocycles. The molecule has 2 fully saturated rings. The molecule has 1 aliphatic carbocycles. The second-order valence-electron chi connectivity index (χ2n) is 6.40. The molecule has 3 amide bonds. The summed E-state index contributed by atoms with van der Waals surface area (Å²) in [7, 11) is 0. The predicted octanol–water partition coefficient (Wildman–Crippen LogP) is 1.88. The quantitative estimate of drug-likeness (QED) is 0.826. The van der Waals surface area contributed by atoms with E-state index < -0.39 is 0 Å². The van der Waals surface area contributed by atoms with Crippen molar-refractivity contribution in [2.24, 2.45) is 5.92 Å². The third kappa shape index (κ3) is 4.12. The normalized spacial score (nSPS) is 24.2. The van der Waals surface area contributed by atoms with E-state index in [9.17, 15) is 9.59 Å². The number of carbonyl (C=O) groups is 2. The van der Waals surface area contributed by atoms with Gasteiger partial charge in [-0.05, 0) is 26.7 Å². The van der Waals surface area contributed by atoms with Crippen molar-refractivity contribution in [3.8, 4) is 0 Å². The van der Waals surface area contributed by atoms with Crippen LogP contribution in [0.4, 0.5) is 4.79 Å². The Kier molecular flexibility index (Phi) is 5.26. The van der Waals surface area contributed by atoms with Gasteiger partial charge in [0.2, 0.25) is 5.91 Å². The minimum atomic E-state index is -0.0765. The fourth-order valence-electron chi connectivity index (χ4n) is 3.16. The molecular formula is C15H27N3O2. The zero-order valence-corrected chi connectivity index (χ0v) is 12.7. The maximum Gasteiger partial charge on any atom is 0.315 e. The Balaban J connectivity index is 1.67. The van der Waals surface area contributed by atoms with Crippen LogP contribution in [0.2, 0.25) is 0 Å². The summed E-state index contributed by atoms with van der Waals surface area (Å²) >= 11 is 0. The van der Waals surface area contributed by atoms with Gasteiger partial charge in [0.15, 0.2) is 0 Å². The molecular weight excluding hydrogens is 254 g/mol. The zero-order valence-electron chi connectivity index (χ0n) is 12.7. The summed E-state index contributed by atoms with van der Waals surface area (Å²) in [4.78, 5) is 25.5. The zero-order chi connectivity index (χ0) is 14.5. The van der Waals surface area contributed by atoms with E-state index in [0.717, 1.165) is 19.4 Å². The predicted molar refractivity (Wildman–Crippen MR) is 78.4 cm³/mol. The van der Waals surface area contributed by atoms with Gasteiger partial charge < -0.3 is 15.5 Å². The Labute approximate surface area is 121 Å². The van der Waals surface area contributed by atoms with Crippen LogP contribution >= 0.6 is 0 Å². The molecule has 1 unspecified atom stereocenters. The summed E-state index contributed by atoms with van der Waals surface area (Å²) in [6.07, 6.45) is 6.46. The number of likely N-dealkylation sites (tertiary alicyclic amines) is 1. The van der Waals surface area contributed by atoms with Crippen molar-refractivity contribution in [1.29, 1.82) is 0 Å². The Bertz CT molecular complexity index is 351. The van der Waals surface area contributed by atoms with Crippen molar-refractivity contribution in [3.05, 3.63) is 0 Å². The van der Waals surface area contributed by atoms with Gasteiger partial charge in [-0.2, -0.15) is 0 Å². The van der Waals surface area contributed by atoms with Gasteiger partial charge in [-0.25, -0.2) is 4.79 Å². The standard InChI is InChI=1S/C15H27N3O2/c1-11(2)18-10-12(8-14(18)19)9-16-15(20)17-13-6-4-3-5-7-13/h11-13H,3-10H2,1-2H3,(H2,16,17,20). The summed E-state index contributed by atoms with van der Waals surface area (Å²) in [6.45, 7) is 5.42. The highest BCUT2D eigenvalue weighted by atomic mass is 16.2. The molecule has 2 aliphatic rings. The molecule has 5 nitrogen and oxygen atoms in total. The van der Waals surface area contributed by atoms with Crippen LogP contribution in [-0.4, -0.2) is 42.0 Å². The summed E-state index contributed by atoms with van der Waals surface area (Å²) in [5.74, 6) is 0.460.